The first kappa shape index (κ1) is 15.4. The number of hydrogen-bond donors (Lipinski definition) is 1. The zero-order valence-electron chi connectivity index (χ0n) is 13.9. The third-order valence-corrected chi connectivity index (χ3v) is 4.68. The molecule has 0 spiro atoms. The van der Waals surface area contributed by atoms with Crippen LogP contribution in [0.4, 0.5) is 0 Å². The van der Waals surface area contributed by atoms with Gasteiger partial charge in [-0.25, -0.2) is 4.79 Å². The smallest absolute Gasteiger partial charge is 0.341 e. The largest absolute Gasteiger partial charge is 0.489 e. The first-order valence-corrected chi connectivity index (χ1v) is 8.12. The summed E-state index contributed by atoms with van der Waals surface area (Å²) in [5, 5.41) is 9.71. The molecule has 1 N–H and O–H groups in total. The fourth-order valence-electron chi connectivity index (χ4n) is 3.31. The van der Waals surface area contributed by atoms with Crippen molar-refractivity contribution in [2.24, 2.45) is 0 Å². The Morgan fingerprint density at radius 3 is 2.60 bits per heavy atom. The van der Waals surface area contributed by atoms with Crippen molar-refractivity contribution in [2.45, 2.75) is 19.9 Å². The molecule has 3 aromatic rings. The summed E-state index contributed by atoms with van der Waals surface area (Å²) in [6.07, 6.45) is 1.43. The van der Waals surface area contributed by atoms with E-state index in [1.165, 1.54) is 6.20 Å². The summed E-state index contributed by atoms with van der Waals surface area (Å²) in [5.41, 5.74) is 3.03. The highest BCUT2D eigenvalue weighted by Gasteiger charge is 2.25. The molecule has 1 aliphatic heterocycles. The lowest BCUT2D eigenvalue weighted by Crippen LogP contribution is -2.26. The average Bonchev–Trinajstić information content (AvgIpc) is 2.60. The van der Waals surface area contributed by atoms with Crippen LogP contribution in [-0.4, -0.2) is 22.2 Å². The summed E-state index contributed by atoms with van der Waals surface area (Å²) in [4.78, 5) is 24.0. The van der Waals surface area contributed by atoms with Crippen molar-refractivity contribution in [3.05, 3.63) is 63.9 Å². The monoisotopic (exact) mass is 335 g/mol. The summed E-state index contributed by atoms with van der Waals surface area (Å²) < 4.78 is 7.82. The van der Waals surface area contributed by atoms with Gasteiger partial charge < -0.3 is 14.4 Å². The molecule has 4 rings (SSSR count). The molecule has 0 bridgehead atoms. The van der Waals surface area contributed by atoms with Crippen LogP contribution >= 0.6 is 0 Å². The fourth-order valence-corrected chi connectivity index (χ4v) is 3.31. The summed E-state index contributed by atoms with van der Waals surface area (Å²) in [7, 11) is 0. The second-order valence-electron chi connectivity index (χ2n) is 6.45. The van der Waals surface area contributed by atoms with Gasteiger partial charge >= 0.3 is 5.97 Å². The normalized spacial score (nSPS) is 15.8. The zero-order valence-corrected chi connectivity index (χ0v) is 13.9. The van der Waals surface area contributed by atoms with Crippen LogP contribution in [0.3, 0.4) is 0 Å². The number of carboxylic acids is 1. The van der Waals surface area contributed by atoms with Crippen LogP contribution in [0.5, 0.6) is 5.75 Å². The number of nitrogens with zero attached hydrogens (tertiary/aromatic N) is 1. The molecule has 0 unspecified atom stereocenters. The van der Waals surface area contributed by atoms with Crippen molar-refractivity contribution in [1.82, 2.24) is 4.57 Å². The zero-order chi connectivity index (χ0) is 17.7. The van der Waals surface area contributed by atoms with Crippen LogP contribution in [0.2, 0.25) is 0 Å². The number of aromatic carboxylic acids is 1. The van der Waals surface area contributed by atoms with E-state index in [2.05, 4.69) is 0 Å². The van der Waals surface area contributed by atoms with Gasteiger partial charge in [0.15, 0.2) is 5.75 Å². The van der Waals surface area contributed by atoms with E-state index in [4.69, 9.17) is 4.74 Å². The molecule has 5 nitrogen and oxygen atoms in total. The number of aromatic nitrogens is 1. The van der Waals surface area contributed by atoms with E-state index in [1.807, 2.05) is 48.7 Å². The summed E-state index contributed by atoms with van der Waals surface area (Å²) in [6, 6.07) is 11.6. The van der Waals surface area contributed by atoms with Gasteiger partial charge in [0, 0.05) is 11.8 Å². The molecule has 1 aliphatic rings. The Morgan fingerprint density at radius 2 is 1.92 bits per heavy atom. The molecule has 0 radical (unpaired) electrons. The standard InChI is InChI=1S/C20H17NO4/c1-11-3-5-13(6-4-11)14-7-8-15-17-19(14)25-10-12(2)21(17)9-16(18(15)22)20(23)24/h3-9,12H,10H2,1-2H3,(H,23,24)/t12-/m0/s1. The third kappa shape index (κ3) is 2.31. The van der Waals surface area contributed by atoms with Crippen LogP contribution in [0, 0.1) is 6.92 Å². The van der Waals surface area contributed by atoms with E-state index < -0.39 is 11.4 Å². The molecule has 0 saturated heterocycles. The minimum atomic E-state index is -1.21. The number of hydrogen-bond acceptors (Lipinski definition) is 3. The molecular weight excluding hydrogens is 318 g/mol. The highest BCUT2D eigenvalue weighted by atomic mass is 16.5. The first-order chi connectivity index (χ1) is 12.0. The number of benzene rings is 2. The first-order valence-electron chi connectivity index (χ1n) is 8.12. The lowest BCUT2D eigenvalue weighted by atomic mass is 9.99. The lowest BCUT2D eigenvalue weighted by Gasteiger charge is -2.28. The second-order valence-corrected chi connectivity index (χ2v) is 6.45. The van der Waals surface area contributed by atoms with E-state index in [0.29, 0.717) is 23.3 Å². The Bertz CT molecular complexity index is 1060. The van der Waals surface area contributed by atoms with Crippen LogP contribution in [0.1, 0.15) is 28.9 Å². The number of carboxylic acid groups (broad SMARTS) is 1. The van der Waals surface area contributed by atoms with Gasteiger partial charge in [-0.1, -0.05) is 29.8 Å². The average molecular weight is 335 g/mol. The van der Waals surface area contributed by atoms with Gasteiger partial charge in [-0.15, -0.1) is 0 Å². The van der Waals surface area contributed by atoms with Crippen molar-refractivity contribution < 1.29 is 14.6 Å². The Labute approximate surface area is 144 Å². The van der Waals surface area contributed by atoms with Gasteiger partial charge in [-0.3, -0.25) is 4.79 Å². The maximum atomic E-state index is 12.6. The van der Waals surface area contributed by atoms with E-state index in [-0.39, 0.29) is 11.6 Å². The molecule has 25 heavy (non-hydrogen) atoms. The van der Waals surface area contributed by atoms with E-state index in [0.717, 1.165) is 16.7 Å². The van der Waals surface area contributed by atoms with Crippen LogP contribution in [0.25, 0.3) is 22.0 Å². The number of aryl methyl sites for hydroxylation is 1. The van der Waals surface area contributed by atoms with Crippen LogP contribution in [-0.2, 0) is 0 Å². The van der Waals surface area contributed by atoms with Crippen LogP contribution < -0.4 is 10.2 Å². The molecule has 0 amide bonds. The van der Waals surface area contributed by atoms with E-state index in [9.17, 15) is 14.7 Å². The SMILES string of the molecule is Cc1ccc(-c2ccc3c(=O)c(C(=O)O)cn4c3c2OC[C@@H]4C)cc1. The quantitative estimate of drug-likeness (QED) is 0.776. The van der Waals surface area contributed by atoms with Gasteiger partial charge in [-0.2, -0.15) is 0 Å². The van der Waals surface area contributed by atoms with E-state index in [1.54, 1.807) is 6.07 Å². The third-order valence-electron chi connectivity index (χ3n) is 4.68. The molecule has 2 heterocycles. The maximum absolute atomic E-state index is 12.6. The predicted molar refractivity (Wildman–Crippen MR) is 95.5 cm³/mol. The molecular formula is C20H17NO4. The Kier molecular flexibility index (Phi) is 3.39. The van der Waals surface area contributed by atoms with Crippen molar-refractivity contribution >= 4 is 16.9 Å². The molecule has 0 fully saturated rings. The molecule has 1 atom stereocenters. The molecule has 2 aromatic carbocycles. The highest BCUT2D eigenvalue weighted by molar-refractivity contribution is 5.97. The number of ether oxygens (including phenoxy) is 1. The van der Waals surface area contributed by atoms with Gasteiger partial charge in [0.1, 0.15) is 12.2 Å². The lowest BCUT2D eigenvalue weighted by molar-refractivity contribution is 0.0694. The van der Waals surface area contributed by atoms with Gasteiger partial charge in [0.25, 0.3) is 0 Å². The molecule has 126 valence electrons. The number of rotatable bonds is 2. The fraction of sp³-hybridized carbons (Fsp3) is 0.200. The minimum Gasteiger partial charge on any atom is -0.489 e. The van der Waals surface area contributed by atoms with Gasteiger partial charge in [-0.05, 0) is 31.5 Å². The second kappa shape index (κ2) is 5.48. The Balaban J connectivity index is 2.09. The molecule has 1 aromatic heterocycles. The van der Waals surface area contributed by atoms with Gasteiger partial charge in [0.05, 0.1) is 16.9 Å². The predicted octanol–water partition coefficient (Wildman–Crippen LogP) is 3.63. The van der Waals surface area contributed by atoms with Crippen molar-refractivity contribution in [3.63, 3.8) is 0 Å². The van der Waals surface area contributed by atoms with Crippen LogP contribution in [0.15, 0.2) is 47.4 Å². The summed E-state index contributed by atoms with van der Waals surface area (Å²) in [6.45, 7) is 4.39. The van der Waals surface area contributed by atoms with Crippen molar-refractivity contribution in [2.75, 3.05) is 6.61 Å². The van der Waals surface area contributed by atoms with Crippen molar-refractivity contribution in [3.8, 4) is 16.9 Å². The topological polar surface area (TPSA) is 68.5 Å². The number of pyridine rings is 1. The molecule has 5 heteroatoms. The van der Waals surface area contributed by atoms with Crippen molar-refractivity contribution in [1.29, 1.82) is 0 Å². The summed E-state index contributed by atoms with van der Waals surface area (Å²) >= 11 is 0. The highest BCUT2D eigenvalue weighted by Crippen LogP contribution is 2.40. The maximum Gasteiger partial charge on any atom is 0.341 e. The number of carbonyl (C=O) groups is 1. The Hall–Kier alpha value is -3.08. The van der Waals surface area contributed by atoms with E-state index >= 15 is 0 Å². The van der Waals surface area contributed by atoms with Gasteiger partial charge in [0.2, 0.25) is 5.43 Å². The Morgan fingerprint density at radius 1 is 1.20 bits per heavy atom. The molecule has 0 aliphatic carbocycles. The minimum absolute atomic E-state index is 0.0537. The summed E-state index contributed by atoms with van der Waals surface area (Å²) in [5.74, 6) is -0.577. The molecule has 0 saturated carbocycles.